The minimum Gasteiger partial charge on any atom is -0.334 e. The number of amides is 1. The number of nitrogens with zero attached hydrogens (tertiary/aromatic N) is 1. The Labute approximate surface area is 114 Å². The Hall–Kier alpha value is -0.910. The van der Waals surface area contributed by atoms with Crippen LogP contribution in [0.25, 0.3) is 9.40 Å². The summed E-state index contributed by atoms with van der Waals surface area (Å²) in [6, 6.07) is 4.33. The Morgan fingerprint density at radius 1 is 1.44 bits per heavy atom. The van der Waals surface area contributed by atoms with Crippen LogP contribution in [0.5, 0.6) is 0 Å². The monoisotopic (exact) mass is 280 g/mol. The molecule has 3 nitrogen and oxygen atoms in total. The average molecular weight is 280 g/mol. The molecule has 0 aromatic carbocycles. The lowest BCUT2D eigenvalue weighted by Crippen LogP contribution is -2.47. The van der Waals surface area contributed by atoms with Crippen molar-refractivity contribution >= 4 is 38.0 Å². The molecule has 1 amide bonds. The minimum atomic E-state index is 0.165. The summed E-state index contributed by atoms with van der Waals surface area (Å²) in [6.07, 6.45) is 3.33. The molecule has 96 valence electrons. The number of nitrogens with two attached hydrogens (primary N) is 1. The summed E-state index contributed by atoms with van der Waals surface area (Å²) in [6.45, 7) is 1.43. The van der Waals surface area contributed by atoms with Crippen molar-refractivity contribution in [2.75, 3.05) is 13.1 Å². The van der Waals surface area contributed by atoms with E-state index in [9.17, 15) is 4.79 Å². The van der Waals surface area contributed by atoms with Gasteiger partial charge in [-0.15, -0.1) is 22.7 Å². The van der Waals surface area contributed by atoms with Crippen LogP contribution in [0.4, 0.5) is 0 Å². The molecule has 2 N–H and O–H groups in total. The Bertz CT molecular complexity index is 532. The summed E-state index contributed by atoms with van der Waals surface area (Å²) < 4.78 is 2.43. The average Bonchev–Trinajstić information content (AvgIpc) is 2.98. The normalized spacial score (nSPS) is 20.5. The zero-order valence-electron chi connectivity index (χ0n) is 10.1. The quantitative estimate of drug-likeness (QED) is 0.919. The Morgan fingerprint density at radius 3 is 3.11 bits per heavy atom. The number of rotatable bonds is 2. The van der Waals surface area contributed by atoms with E-state index in [1.807, 2.05) is 11.0 Å². The molecule has 1 aliphatic heterocycles. The van der Waals surface area contributed by atoms with Crippen LogP contribution in [0, 0.1) is 0 Å². The Balaban J connectivity index is 1.86. The summed E-state index contributed by atoms with van der Waals surface area (Å²) in [4.78, 5) is 15.4. The van der Waals surface area contributed by atoms with E-state index in [4.69, 9.17) is 5.73 Å². The molecule has 3 rings (SSSR count). The van der Waals surface area contributed by atoms with Gasteiger partial charge in [0.1, 0.15) is 0 Å². The second kappa shape index (κ2) is 4.99. The lowest BCUT2D eigenvalue weighted by molar-refractivity contribution is 0.0628. The summed E-state index contributed by atoms with van der Waals surface area (Å²) in [5.41, 5.74) is 5.78. The first kappa shape index (κ1) is 12.1. The zero-order chi connectivity index (χ0) is 12.5. The highest BCUT2D eigenvalue weighted by Crippen LogP contribution is 2.31. The van der Waals surface area contributed by atoms with Gasteiger partial charge in [-0.1, -0.05) is 0 Å². The minimum absolute atomic E-state index is 0.165. The van der Waals surface area contributed by atoms with Crippen molar-refractivity contribution in [1.29, 1.82) is 0 Å². The maximum absolute atomic E-state index is 12.5. The topological polar surface area (TPSA) is 46.3 Å². The van der Waals surface area contributed by atoms with Gasteiger partial charge in [-0.3, -0.25) is 4.79 Å². The molecule has 1 aliphatic rings. The second-order valence-corrected chi connectivity index (χ2v) is 6.68. The highest BCUT2D eigenvalue weighted by Gasteiger charge is 2.27. The number of carbonyl (C=O) groups excluding carboxylic acids is 1. The number of likely N-dealkylation sites (tertiary alicyclic amines) is 1. The van der Waals surface area contributed by atoms with Gasteiger partial charge < -0.3 is 10.6 Å². The molecule has 18 heavy (non-hydrogen) atoms. The second-order valence-electron chi connectivity index (χ2n) is 4.64. The Kier molecular flexibility index (Phi) is 3.37. The predicted octanol–water partition coefficient (Wildman–Crippen LogP) is 2.92. The number of fused-ring (bicyclic) bond motifs is 1. The van der Waals surface area contributed by atoms with Gasteiger partial charge in [0.2, 0.25) is 0 Å². The molecule has 1 fully saturated rings. The standard InChI is InChI=1S/C13H16N2OS2/c14-8-9-3-1-2-5-15(9)13(16)12-7-11-10(18-12)4-6-17-11/h4,6-7,9H,1-3,5,8,14H2. The van der Waals surface area contributed by atoms with Crippen LogP contribution in [-0.4, -0.2) is 29.9 Å². The van der Waals surface area contributed by atoms with Crippen LogP contribution in [-0.2, 0) is 0 Å². The van der Waals surface area contributed by atoms with Crippen LogP contribution in [0.2, 0.25) is 0 Å². The lowest BCUT2D eigenvalue weighted by Gasteiger charge is -2.34. The van der Waals surface area contributed by atoms with E-state index in [0.717, 1.165) is 24.3 Å². The van der Waals surface area contributed by atoms with E-state index in [1.54, 1.807) is 22.7 Å². The molecule has 0 saturated carbocycles. The van der Waals surface area contributed by atoms with E-state index in [1.165, 1.54) is 15.8 Å². The molecule has 0 radical (unpaired) electrons. The molecule has 0 bridgehead atoms. The molecule has 1 atom stereocenters. The molecule has 1 saturated heterocycles. The molecule has 0 spiro atoms. The first-order valence-corrected chi connectivity index (χ1v) is 7.97. The van der Waals surface area contributed by atoms with Crippen molar-refractivity contribution < 1.29 is 4.79 Å². The summed E-state index contributed by atoms with van der Waals surface area (Å²) in [5.74, 6) is 0.165. The van der Waals surface area contributed by atoms with Crippen LogP contribution in [0.1, 0.15) is 28.9 Å². The van der Waals surface area contributed by atoms with E-state index in [2.05, 4.69) is 11.4 Å². The SMILES string of the molecule is NCC1CCCCN1C(=O)c1cc2sccc2s1. The largest absolute Gasteiger partial charge is 0.334 e. The van der Waals surface area contributed by atoms with Crippen LogP contribution < -0.4 is 5.73 Å². The molecule has 0 aliphatic carbocycles. The number of thiophene rings is 2. The summed E-state index contributed by atoms with van der Waals surface area (Å²) in [7, 11) is 0. The zero-order valence-corrected chi connectivity index (χ0v) is 11.7. The summed E-state index contributed by atoms with van der Waals surface area (Å²) >= 11 is 3.29. The molecule has 3 heterocycles. The third-order valence-corrected chi connectivity index (χ3v) is 5.59. The number of carbonyl (C=O) groups is 1. The van der Waals surface area contributed by atoms with Crippen molar-refractivity contribution in [2.24, 2.45) is 5.73 Å². The molecule has 5 heteroatoms. The fourth-order valence-corrected chi connectivity index (χ4v) is 4.59. The van der Waals surface area contributed by atoms with Crippen molar-refractivity contribution in [3.63, 3.8) is 0 Å². The van der Waals surface area contributed by atoms with Gasteiger partial charge in [-0.2, -0.15) is 0 Å². The molecular formula is C13H16N2OS2. The van der Waals surface area contributed by atoms with Gasteiger partial charge >= 0.3 is 0 Å². The van der Waals surface area contributed by atoms with Gasteiger partial charge in [0.05, 0.1) is 4.88 Å². The van der Waals surface area contributed by atoms with E-state index in [-0.39, 0.29) is 11.9 Å². The third kappa shape index (κ3) is 2.06. The first-order valence-electron chi connectivity index (χ1n) is 6.27. The van der Waals surface area contributed by atoms with Crippen LogP contribution >= 0.6 is 22.7 Å². The smallest absolute Gasteiger partial charge is 0.264 e. The van der Waals surface area contributed by atoms with Crippen LogP contribution in [0.15, 0.2) is 17.5 Å². The lowest BCUT2D eigenvalue weighted by atomic mass is 10.0. The van der Waals surface area contributed by atoms with Gasteiger partial charge in [-0.05, 0) is 36.8 Å². The molecule has 2 aromatic heterocycles. The molecule has 2 aromatic rings. The van der Waals surface area contributed by atoms with Gasteiger partial charge in [0.15, 0.2) is 0 Å². The number of hydrogen-bond acceptors (Lipinski definition) is 4. The fraction of sp³-hybridized carbons (Fsp3) is 0.462. The maximum atomic E-state index is 12.5. The van der Waals surface area contributed by atoms with Crippen molar-refractivity contribution in [3.05, 3.63) is 22.4 Å². The number of piperidine rings is 1. The first-order chi connectivity index (χ1) is 8.79. The maximum Gasteiger partial charge on any atom is 0.264 e. The molecular weight excluding hydrogens is 264 g/mol. The van der Waals surface area contributed by atoms with Crippen molar-refractivity contribution in [2.45, 2.75) is 25.3 Å². The third-order valence-electron chi connectivity index (χ3n) is 3.51. The van der Waals surface area contributed by atoms with Crippen molar-refractivity contribution in [1.82, 2.24) is 4.90 Å². The highest BCUT2D eigenvalue weighted by atomic mass is 32.1. The van der Waals surface area contributed by atoms with Gasteiger partial charge in [-0.25, -0.2) is 0 Å². The highest BCUT2D eigenvalue weighted by molar-refractivity contribution is 7.27. The van der Waals surface area contributed by atoms with Gasteiger partial charge in [0, 0.05) is 28.5 Å². The van der Waals surface area contributed by atoms with E-state index in [0.29, 0.717) is 6.54 Å². The summed E-state index contributed by atoms with van der Waals surface area (Å²) in [5, 5.41) is 2.07. The number of hydrogen-bond donors (Lipinski definition) is 1. The van der Waals surface area contributed by atoms with E-state index < -0.39 is 0 Å². The fourth-order valence-electron chi connectivity index (χ4n) is 2.53. The predicted molar refractivity (Wildman–Crippen MR) is 77.4 cm³/mol. The van der Waals surface area contributed by atoms with Crippen LogP contribution in [0.3, 0.4) is 0 Å². The van der Waals surface area contributed by atoms with Gasteiger partial charge in [0.25, 0.3) is 5.91 Å². The molecule has 1 unspecified atom stereocenters. The Morgan fingerprint density at radius 2 is 2.33 bits per heavy atom. The van der Waals surface area contributed by atoms with Crippen molar-refractivity contribution in [3.8, 4) is 0 Å². The van der Waals surface area contributed by atoms with E-state index >= 15 is 0 Å².